The molecule has 15 heavy (non-hydrogen) atoms. The number of nitriles is 1. The van der Waals surface area contributed by atoms with E-state index in [4.69, 9.17) is 5.26 Å². The Balaban J connectivity index is 3.09. The highest BCUT2D eigenvalue weighted by Gasteiger charge is 2.10. The molecule has 5 heteroatoms. The molecule has 0 spiro atoms. The molecule has 0 aliphatic heterocycles. The maximum absolute atomic E-state index is 13.1. The highest BCUT2D eigenvalue weighted by molar-refractivity contribution is 5.59. The molecule has 0 aliphatic carbocycles. The average Bonchev–Trinajstić information content (AvgIpc) is 2.16. The molecular weight excluding hydrogens is 207 g/mol. The first-order chi connectivity index (χ1) is 7.15. The second kappa shape index (κ2) is 5.05. The van der Waals surface area contributed by atoms with Crippen LogP contribution in [-0.4, -0.2) is 6.61 Å². The summed E-state index contributed by atoms with van der Waals surface area (Å²) in [4.78, 5) is 0. The fourth-order valence-corrected chi connectivity index (χ4v) is 0.998. The Morgan fingerprint density at radius 2 is 2.13 bits per heavy atom. The van der Waals surface area contributed by atoms with Crippen LogP contribution in [0.15, 0.2) is 24.3 Å². The SMILES string of the molecule is N#CC=Cc1c(F)cccc1OC(F)F. The topological polar surface area (TPSA) is 33.0 Å². The Morgan fingerprint density at radius 1 is 1.40 bits per heavy atom. The van der Waals surface area contributed by atoms with Crippen molar-refractivity contribution in [3.8, 4) is 11.8 Å². The molecular formula is C10H6F3NO. The van der Waals surface area contributed by atoms with Gasteiger partial charge in [-0.2, -0.15) is 14.0 Å². The molecule has 0 radical (unpaired) electrons. The van der Waals surface area contributed by atoms with E-state index in [0.717, 1.165) is 18.2 Å². The maximum Gasteiger partial charge on any atom is 0.387 e. The van der Waals surface area contributed by atoms with Gasteiger partial charge in [0.15, 0.2) is 0 Å². The fourth-order valence-electron chi connectivity index (χ4n) is 0.998. The van der Waals surface area contributed by atoms with E-state index < -0.39 is 12.4 Å². The summed E-state index contributed by atoms with van der Waals surface area (Å²) in [7, 11) is 0. The molecule has 0 fully saturated rings. The number of hydrogen-bond donors (Lipinski definition) is 0. The summed E-state index contributed by atoms with van der Waals surface area (Å²) in [5.74, 6) is -1.02. The van der Waals surface area contributed by atoms with E-state index >= 15 is 0 Å². The maximum atomic E-state index is 13.1. The van der Waals surface area contributed by atoms with Gasteiger partial charge in [-0.25, -0.2) is 4.39 Å². The monoisotopic (exact) mass is 213 g/mol. The van der Waals surface area contributed by atoms with Gasteiger partial charge < -0.3 is 4.74 Å². The molecule has 0 heterocycles. The third-order valence-electron chi connectivity index (χ3n) is 1.55. The lowest BCUT2D eigenvalue weighted by Crippen LogP contribution is -2.04. The normalized spacial score (nSPS) is 10.6. The van der Waals surface area contributed by atoms with Crippen molar-refractivity contribution in [2.45, 2.75) is 6.61 Å². The zero-order valence-corrected chi connectivity index (χ0v) is 7.45. The summed E-state index contributed by atoms with van der Waals surface area (Å²) >= 11 is 0. The van der Waals surface area contributed by atoms with Gasteiger partial charge in [0.05, 0.1) is 11.6 Å². The van der Waals surface area contributed by atoms with Gasteiger partial charge >= 0.3 is 6.61 Å². The first kappa shape index (κ1) is 11.1. The van der Waals surface area contributed by atoms with E-state index in [1.807, 2.05) is 0 Å². The van der Waals surface area contributed by atoms with Gasteiger partial charge in [-0.1, -0.05) is 6.07 Å². The summed E-state index contributed by atoms with van der Waals surface area (Å²) in [6.45, 7) is -3.03. The standard InChI is InChI=1S/C10H6F3NO/c11-8-4-1-5-9(15-10(12)13)7(8)3-2-6-14/h1-5,10H. The van der Waals surface area contributed by atoms with Gasteiger partial charge in [0, 0.05) is 6.08 Å². The minimum atomic E-state index is -3.03. The molecule has 1 rings (SSSR count). The van der Waals surface area contributed by atoms with Crippen LogP contribution in [0.3, 0.4) is 0 Å². The van der Waals surface area contributed by atoms with Crippen LogP contribution in [0.1, 0.15) is 5.56 Å². The number of nitrogens with zero attached hydrogens (tertiary/aromatic N) is 1. The minimum Gasteiger partial charge on any atom is -0.434 e. The van der Waals surface area contributed by atoms with Gasteiger partial charge in [0.1, 0.15) is 11.6 Å². The second-order valence-electron chi connectivity index (χ2n) is 2.49. The van der Waals surface area contributed by atoms with E-state index in [9.17, 15) is 13.2 Å². The Kier molecular flexibility index (Phi) is 3.75. The summed E-state index contributed by atoms with van der Waals surface area (Å²) in [6, 6.07) is 5.17. The zero-order valence-electron chi connectivity index (χ0n) is 7.45. The minimum absolute atomic E-state index is 0.167. The predicted molar refractivity (Wildman–Crippen MR) is 47.7 cm³/mol. The Labute approximate surface area is 84.2 Å². The predicted octanol–water partition coefficient (Wildman–Crippen LogP) is 2.96. The van der Waals surface area contributed by atoms with Crippen molar-refractivity contribution in [3.63, 3.8) is 0 Å². The van der Waals surface area contributed by atoms with Crippen LogP contribution in [0.4, 0.5) is 13.2 Å². The number of benzene rings is 1. The number of allylic oxidation sites excluding steroid dienone is 1. The number of rotatable bonds is 3. The van der Waals surface area contributed by atoms with E-state index in [2.05, 4.69) is 4.74 Å². The third kappa shape index (κ3) is 3.02. The average molecular weight is 213 g/mol. The molecule has 0 atom stereocenters. The summed E-state index contributed by atoms with van der Waals surface area (Å²) < 4.78 is 41.1. The van der Waals surface area contributed by atoms with Gasteiger partial charge in [0.25, 0.3) is 0 Å². The highest BCUT2D eigenvalue weighted by atomic mass is 19.3. The van der Waals surface area contributed by atoms with E-state index in [-0.39, 0.29) is 11.3 Å². The highest BCUT2D eigenvalue weighted by Crippen LogP contribution is 2.24. The second-order valence-corrected chi connectivity index (χ2v) is 2.49. The Hall–Kier alpha value is -1.96. The number of halogens is 3. The summed E-state index contributed by atoms with van der Waals surface area (Å²) in [5, 5.41) is 8.24. The van der Waals surface area contributed by atoms with Crippen molar-refractivity contribution >= 4 is 6.08 Å². The molecule has 0 unspecified atom stereocenters. The zero-order chi connectivity index (χ0) is 11.3. The lowest BCUT2D eigenvalue weighted by molar-refractivity contribution is -0.0501. The summed E-state index contributed by atoms with van der Waals surface area (Å²) in [5.41, 5.74) is -0.167. The van der Waals surface area contributed by atoms with Gasteiger partial charge in [-0.05, 0) is 18.2 Å². The fraction of sp³-hybridized carbons (Fsp3) is 0.100. The van der Waals surface area contributed by atoms with Crippen molar-refractivity contribution in [2.24, 2.45) is 0 Å². The van der Waals surface area contributed by atoms with Crippen LogP contribution in [0.2, 0.25) is 0 Å². The van der Waals surface area contributed by atoms with Crippen LogP contribution in [0.25, 0.3) is 6.08 Å². The molecule has 2 nitrogen and oxygen atoms in total. The van der Waals surface area contributed by atoms with E-state index in [0.29, 0.717) is 0 Å². The van der Waals surface area contributed by atoms with Crippen molar-refractivity contribution in [1.82, 2.24) is 0 Å². The molecule has 1 aromatic carbocycles. The van der Waals surface area contributed by atoms with E-state index in [1.165, 1.54) is 12.1 Å². The number of ether oxygens (including phenoxy) is 1. The van der Waals surface area contributed by atoms with Crippen molar-refractivity contribution in [1.29, 1.82) is 5.26 Å². The molecule has 78 valence electrons. The Morgan fingerprint density at radius 3 is 2.73 bits per heavy atom. The first-order valence-electron chi connectivity index (χ1n) is 3.94. The molecule has 0 bridgehead atoms. The molecule has 0 saturated heterocycles. The van der Waals surface area contributed by atoms with Crippen LogP contribution in [0, 0.1) is 17.1 Å². The first-order valence-corrected chi connectivity index (χ1v) is 3.94. The van der Waals surface area contributed by atoms with Crippen LogP contribution >= 0.6 is 0 Å². The summed E-state index contributed by atoms with van der Waals surface area (Å²) in [6.07, 6.45) is 2.06. The molecule has 1 aromatic rings. The van der Waals surface area contributed by atoms with E-state index in [1.54, 1.807) is 6.07 Å². The molecule has 0 amide bonds. The van der Waals surface area contributed by atoms with Gasteiger partial charge in [-0.3, -0.25) is 0 Å². The van der Waals surface area contributed by atoms with Crippen LogP contribution < -0.4 is 4.74 Å². The lowest BCUT2D eigenvalue weighted by Gasteiger charge is -2.07. The van der Waals surface area contributed by atoms with Crippen molar-refractivity contribution < 1.29 is 17.9 Å². The van der Waals surface area contributed by atoms with Crippen LogP contribution in [-0.2, 0) is 0 Å². The third-order valence-corrected chi connectivity index (χ3v) is 1.55. The lowest BCUT2D eigenvalue weighted by atomic mass is 10.2. The molecule has 0 aromatic heterocycles. The largest absolute Gasteiger partial charge is 0.434 e. The molecule has 0 saturated carbocycles. The van der Waals surface area contributed by atoms with Gasteiger partial charge in [0.2, 0.25) is 0 Å². The quantitative estimate of drug-likeness (QED) is 0.723. The van der Waals surface area contributed by atoms with Crippen molar-refractivity contribution in [2.75, 3.05) is 0 Å². The van der Waals surface area contributed by atoms with Crippen LogP contribution in [0.5, 0.6) is 5.75 Å². The number of hydrogen-bond acceptors (Lipinski definition) is 2. The Bertz CT molecular complexity index is 410. The van der Waals surface area contributed by atoms with Crippen molar-refractivity contribution in [3.05, 3.63) is 35.7 Å². The number of alkyl halides is 2. The molecule has 0 aliphatic rings. The van der Waals surface area contributed by atoms with Gasteiger partial charge in [-0.15, -0.1) is 0 Å². The molecule has 0 N–H and O–H groups in total. The smallest absolute Gasteiger partial charge is 0.387 e.